The third-order valence-corrected chi connectivity index (χ3v) is 4.54. The fourth-order valence-corrected chi connectivity index (χ4v) is 3.11. The number of likely N-dealkylation sites (tertiary alicyclic amines) is 1. The molecule has 1 aliphatic rings. The van der Waals surface area contributed by atoms with E-state index in [2.05, 4.69) is 27.0 Å². The Morgan fingerprint density at radius 2 is 2.00 bits per heavy atom. The molecule has 1 saturated heterocycles. The van der Waals surface area contributed by atoms with Crippen LogP contribution in [0.4, 0.5) is 13.2 Å². The third-order valence-electron chi connectivity index (χ3n) is 4.54. The summed E-state index contributed by atoms with van der Waals surface area (Å²) in [5.74, 6) is 0.758. The van der Waals surface area contributed by atoms with Gasteiger partial charge in [-0.25, -0.2) is 0 Å². The molecule has 0 spiro atoms. The monoisotopic (exact) mass is 354 g/mol. The van der Waals surface area contributed by atoms with Gasteiger partial charge in [-0.3, -0.25) is 4.90 Å². The maximum absolute atomic E-state index is 12.6. The summed E-state index contributed by atoms with van der Waals surface area (Å²) in [5, 5.41) is 3.87. The molecule has 0 bridgehead atoms. The lowest BCUT2D eigenvalue weighted by atomic mass is 10.1. The van der Waals surface area contributed by atoms with Crippen molar-refractivity contribution < 1.29 is 17.7 Å². The topological polar surface area (TPSA) is 45.4 Å². The molecular weight excluding hydrogens is 333 g/mol. The fraction of sp³-hybridized carbons (Fsp3) is 0.529. The van der Waals surface area contributed by atoms with Crippen LogP contribution in [0.1, 0.15) is 24.3 Å². The lowest BCUT2D eigenvalue weighted by molar-refractivity contribution is -0.137. The van der Waals surface area contributed by atoms with Crippen molar-refractivity contribution in [2.75, 3.05) is 27.2 Å². The normalized spacial score (nSPS) is 19.0. The molecule has 0 N–H and O–H groups in total. The molecule has 1 aromatic carbocycles. The van der Waals surface area contributed by atoms with E-state index in [0.717, 1.165) is 25.2 Å². The fourth-order valence-electron chi connectivity index (χ4n) is 3.11. The number of likely N-dealkylation sites (N-methyl/N-ethyl adjacent to an activating group) is 2. The first-order valence-electron chi connectivity index (χ1n) is 8.22. The van der Waals surface area contributed by atoms with Crippen molar-refractivity contribution in [1.82, 2.24) is 19.9 Å². The molecule has 0 radical (unpaired) electrons. The molecule has 1 aromatic heterocycles. The van der Waals surface area contributed by atoms with Crippen molar-refractivity contribution in [1.29, 1.82) is 0 Å². The summed E-state index contributed by atoms with van der Waals surface area (Å²) >= 11 is 0. The summed E-state index contributed by atoms with van der Waals surface area (Å²) in [4.78, 5) is 8.76. The van der Waals surface area contributed by atoms with Crippen LogP contribution in [0.25, 0.3) is 11.4 Å². The van der Waals surface area contributed by atoms with Gasteiger partial charge in [-0.1, -0.05) is 17.3 Å². The van der Waals surface area contributed by atoms with E-state index in [9.17, 15) is 13.2 Å². The number of alkyl halides is 3. The molecule has 0 aliphatic carbocycles. The van der Waals surface area contributed by atoms with Crippen molar-refractivity contribution in [3.8, 4) is 11.4 Å². The van der Waals surface area contributed by atoms with E-state index in [1.54, 1.807) is 0 Å². The maximum atomic E-state index is 12.6. The van der Waals surface area contributed by atoms with Gasteiger partial charge in [-0.05, 0) is 45.6 Å². The van der Waals surface area contributed by atoms with Crippen LogP contribution in [0.2, 0.25) is 0 Å². The number of nitrogens with zero attached hydrogens (tertiary/aromatic N) is 4. The summed E-state index contributed by atoms with van der Waals surface area (Å²) in [6.07, 6.45) is -1.95. The second-order valence-electron chi connectivity index (χ2n) is 6.56. The van der Waals surface area contributed by atoms with Gasteiger partial charge < -0.3 is 9.42 Å². The second-order valence-corrected chi connectivity index (χ2v) is 6.56. The number of hydrogen-bond donors (Lipinski definition) is 0. The first-order chi connectivity index (χ1) is 11.8. The maximum Gasteiger partial charge on any atom is 0.416 e. The summed E-state index contributed by atoms with van der Waals surface area (Å²) in [6, 6.07) is 5.28. The first-order valence-corrected chi connectivity index (χ1v) is 8.22. The molecule has 5 nitrogen and oxygen atoms in total. The minimum absolute atomic E-state index is 0.301. The highest BCUT2D eigenvalue weighted by Gasteiger charge is 2.30. The number of aromatic nitrogens is 2. The Kier molecular flexibility index (Phi) is 5.10. The molecule has 8 heteroatoms. The lowest BCUT2D eigenvalue weighted by Crippen LogP contribution is -2.36. The van der Waals surface area contributed by atoms with E-state index in [-0.39, 0.29) is 0 Å². The number of halogens is 3. The average molecular weight is 354 g/mol. The minimum Gasteiger partial charge on any atom is -0.338 e. The van der Waals surface area contributed by atoms with Crippen LogP contribution in [0.15, 0.2) is 28.8 Å². The quantitative estimate of drug-likeness (QED) is 0.825. The predicted octanol–water partition coefficient (Wildman–Crippen LogP) is 3.28. The van der Waals surface area contributed by atoms with Crippen LogP contribution in [-0.2, 0) is 12.7 Å². The molecule has 1 atom stereocenters. The third kappa shape index (κ3) is 4.38. The van der Waals surface area contributed by atoms with Gasteiger partial charge in [-0.15, -0.1) is 0 Å². The summed E-state index contributed by atoms with van der Waals surface area (Å²) < 4.78 is 43.1. The molecule has 1 fully saturated rings. The zero-order chi connectivity index (χ0) is 18.0. The number of benzene rings is 1. The Morgan fingerprint density at radius 3 is 2.60 bits per heavy atom. The largest absolute Gasteiger partial charge is 0.416 e. The number of hydrogen-bond acceptors (Lipinski definition) is 5. The Hall–Kier alpha value is -1.93. The van der Waals surface area contributed by atoms with Gasteiger partial charge in [0.15, 0.2) is 0 Å². The van der Waals surface area contributed by atoms with E-state index >= 15 is 0 Å². The van der Waals surface area contributed by atoms with Crippen molar-refractivity contribution in [2.45, 2.75) is 31.6 Å². The van der Waals surface area contributed by atoms with E-state index in [4.69, 9.17) is 4.52 Å². The van der Waals surface area contributed by atoms with Gasteiger partial charge in [0.05, 0.1) is 12.1 Å². The van der Waals surface area contributed by atoms with E-state index in [0.29, 0.717) is 29.9 Å². The lowest BCUT2D eigenvalue weighted by Gasteiger charge is -2.24. The van der Waals surface area contributed by atoms with Crippen LogP contribution < -0.4 is 0 Å². The Labute approximate surface area is 144 Å². The summed E-state index contributed by atoms with van der Waals surface area (Å²) in [6.45, 7) is 2.55. The molecule has 1 unspecified atom stereocenters. The highest BCUT2D eigenvalue weighted by atomic mass is 19.4. The van der Waals surface area contributed by atoms with Crippen LogP contribution >= 0.6 is 0 Å². The van der Waals surface area contributed by atoms with Crippen LogP contribution in [-0.4, -0.2) is 53.2 Å². The van der Waals surface area contributed by atoms with Gasteiger partial charge in [0.1, 0.15) is 0 Å². The SMILES string of the molecule is CN(Cc1nc(-c2ccc(C(F)(F)F)cc2)no1)CC1CCCN1C. The van der Waals surface area contributed by atoms with E-state index in [1.165, 1.54) is 25.0 Å². The van der Waals surface area contributed by atoms with E-state index < -0.39 is 11.7 Å². The Balaban J connectivity index is 1.62. The predicted molar refractivity (Wildman–Crippen MR) is 86.7 cm³/mol. The smallest absolute Gasteiger partial charge is 0.338 e. The molecule has 0 amide bonds. The van der Waals surface area contributed by atoms with E-state index in [1.807, 2.05) is 7.05 Å². The van der Waals surface area contributed by atoms with Crippen molar-refractivity contribution >= 4 is 0 Å². The highest BCUT2D eigenvalue weighted by molar-refractivity contribution is 5.54. The first kappa shape index (κ1) is 17.9. The van der Waals surface area contributed by atoms with Crippen molar-refractivity contribution in [3.63, 3.8) is 0 Å². The standard InChI is InChI=1S/C17H21F3N4O/c1-23(10-14-4-3-9-24(14)2)11-15-21-16(22-25-15)12-5-7-13(8-6-12)17(18,19)20/h5-8,14H,3-4,9-11H2,1-2H3. The highest BCUT2D eigenvalue weighted by Crippen LogP contribution is 2.30. The van der Waals surface area contributed by atoms with Gasteiger partial charge in [0, 0.05) is 18.2 Å². The molecule has 136 valence electrons. The van der Waals surface area contributed by atoms with Gasteiger partial charge in [0.2, 0.25) is 11.7 Å². The summed E-state index contributed by atoms with van der Waals surface area (Å²) in [5.41, 5.74) is -0.193. The molecule has 0 saturated carbocycles. The number of rotatable bonds is 5. The van der Waals surface area contributed by atoms with Gasteiger partial charge in [0.25, 0.3) is 0 Å². The van der Waals surface area contributed by atoms with Gasteiger partial charge >= 0.3 is 6.18 Å². The minimum atomic E-state index is -4.35. The summed E-state index contributed by atoms with van der Waals surface area (Å²) in [7, 11) is 4.12. The molecule has 3 rings (SSSR count). The van der Waals surface area contributed by atoms with Gasteiger partial charge in [-0.2, -0.15) is 18.2 Å². The molecule has 1 aliphatic heterocycles. The molecule has 25 heavy (non-hydrogen) atoms. The van der Waals surface area contributed by atoms with Crippen LogP contribution in [0.5, 0.6) is 0 Å². The second kappa shape index (κ2) is 7.13. The molecule has 2 aromatic rings. The Morgan fingerprint density at radius 1 is 1.28 bits per heavy atom. The van der Waals surface area contributed by atoms with Crippen LogP contribution in [0, 0.1) is 0 Å². The molecule has 2 heterocycles. The average Bonchev–Trinajstić information content (AvgIpc) is 3.16. The zero-order valence-electron chi connectivity index (χ0n) is 14.3. The molecular formula is C17H21F3N4O. The van der Waals surface area contributed by atoms with Crippen molar-refractivity contribution in [3.05, 3.63) is 35.7 Å². The Bertz CT molecular complexity index is 699. The van der Waals surface area contributed by atoms with Crippen LogP contribution in [0.3, 0.4) is 0 Å². The van der Waals surface area contributed by atoms with Crippen molar-refractivity contribution in [2.24, 2.45) is 0 Å². The zero-order valence-corrected chi connectivity index (χ0v) is 14.3.